The SMILES string of the molecule is CCN(CC)CCN1C(=O)C(=O)C(=C(O)c2ccc3c(c2)OCO3)[C@@H]1c1cccc([N+](=O)[O-])c1. The quantitative estimate of drug-likeness (QED) is 0.207. The molecule has 2 aromatic carbocycles. The van der Waals surface area contributed by atoms with E-state index >= 15 is 0 Å². The van der Waals surface area contributed by atoms with Crippen molar-refractivity contribution < 1.29 is 29.1 Å². The molecule has 0 radical (unpaired) electrons. The molecule has 2 aromatic rings. The van der Waals surface area contributed by atoms with Crippen LogP contribution in [0.5, 0.6) is 11.5 Å². The van der Waals surface area contributed by atoms with E-state index < -0.39 is 22.7 Å². The number of aliphatic hydroxyl groups excluding tert-OH is 1. The van der Waals surface area contributed by atoms with Crippen LogP contribution in [0.3, 0.4) is 0 Å². The minimum Gasteiger partial charge on any atom is -0.507 e. The Bertz CT molecular complexity index is 1170. The number of Topliss-reactive ketones (excluding diaryl/α,β-unsaturated/α-hetero) is 1. The van der Waals surface area contributed by atoms with Crippen LogP contribution in [0, 0.1) is 10.1 Å². The molecule has 1 amide bonds. The van der Waals surface area contributed by atoms with E-state index in [9.17, 15) is 24.8 Å². The fourth-order valence-electron chi connectivity index (χ4n) is 4.25. The third-order valence-corrected chi connectivity index (χ3v) is 6.13. The van der Waals surface area contributed by atoms with E-state index in [1.165, 1.54) is 29.2 Å². The standard InChI is InChI=1S/C24H25N3O7/c1-3-25(4-2)10-11-26-21(15-6-5-7-17(12-15)27(31)32)20(23(29)24(26)30)22(28)16-8-9-18-19(13-16)34-14-33-18/h5-9,12-13,21,28H,3-4,10-11,14H2,1-2H3/t21-/m0/s1. The molecule has 2 aliphatic heterocycles. The number of carbonyl (C=O) groups is 2. The Labute approximate surface area is 196 Å². The molecule has 2 heterocycles. The van der Waals surface area contributed by atoms with E-state index in [0.717, 1.165) is 13.1 Å². The van der Waals surface area contributed by atoms with Gasteiger partial charge in [0.15, 0.2) is 11.5 Å². The van der Waals surface area contributed by atoms with Gasteiger partial charge >= 0.3 is 0 Å². The monoisotopic (exact) mass is 467 g/mol. The summed E-state index contributed by atoms with van der Waals surface area (Å²) in [6.07, 6.45) is 0. The number of aliphatic hydroxyl groups is 1. The first-order valence-electron chi connectivity index (χ1n) is 11.0. The van der Waals surface area contributed by atoms with Crippen molar-refractivity contribution in [3.63, 3.8) is 0 Å². The van der Waals surface area contributed by atoms with Crippen LogP contribution < -0.4 is 9.47 Å². The lowest BCUT2D eigenvalue weighted by molar-refractivity contribution is -0.384. The van der Waals surface area contributed by atoms with E-state index in [4.69, 9.17) is 9.47 Å². The van der Waals surface area contributed by atoms with Crippen LogP contribution in [-0.4, -0.2) is 64.5 Å². The van der Waals surface area contributed by atoms with Gasteiger partial charge in [0.2, 0.25) is 6.79 Å². The number of amides is 1. The second-order valence-electron chi connectivity index (χ2n) is 7.94. The fraction of sp³-hybridized carbons (Fsp3) is 0.333. The Morgan fingerprint density at radius 2 is 1.88 bits per heavy atom. The maximum absolute atomic E-state index is 13.1. The number of likely N-dealkylation sites (N-methyl/N-ethyl adjacent to an activating group) is 1. The molecule has 0 saturated carbocycles. The second kappa shape index (κ2) is 9.52. The van der Waals surface area contributed by atoms with Gasteiger partial charge in [-0.25, -0.2) is 0 Å². The highest BCUT2D eigenvalue weighted by Gasteiger charge is 2.46. The van der Waals surface area contributed by atoms with Crippen LogP contribution >= 0.6 is 0 Å². The zero-order chi connectivity index (χ0) is 24.4. The molecule has 10 heteroatoms. The van der Waals surface area contributed by atoms with Gasteiger partial charge in [-0.3, -0.25) is 19.7 Å². The Balaban J connectivity index is 1.82. The van der Waals surface area contributed by atoms with Crippen LogP contribution in [0.25, 0.3) is 5.76 Å². The number of likely N-dealkylation sites (tertiary alicyclic amines) is 1. The highest BCUT2D eigenvalue weighted by atomic mass is 16.7. The average molecular weight is 467 g/mol. The lowest BCUT2D eigenvalue weighted by atomic mass is 9.95. The lowest BCUT2D eigenvalue weighted by Gasteiger charge is -2.28. The molecule has 1 fully saturated rings. The van der Waals surface area contributed by atoms with Gasteiger partial charge in [-0.05, 0) is 36.9 Å². The minimum atomic E-state index is -0.971. The Hall–Kier alpha value is -3.92. The number of hydrogen-bond donors (Lipinski definition) is 1. The molecular weight excluding hydrogens is 442 g/mol. The molecule has 4 rings (SSSR count). The summed E-state index contributed by atoms with van der Waals surface area (Å²) in [6.45, 7) is 6.29. The number of carbonyl (C=O) groups excluding carboxylic acids is 2. The first kappa shape index (κ1) is 23.2. The minimum absolute atomic E-state index is 0.0446. The maximum Gasteiger partial charge on any atom is 0.295 e. The molecule has 0 bridgehead atoms. The number of benzene rings is 2. The summed E-state index contributed by atoms with van der Waals surface area (Å²) in [7, 11) is 0. The Kier molecular flexibility index (Phi) is 6.51. The largest absolute Gasteiger partial charge is 0.507 e. The first-order chi connectivity index (χ1) is 16.3. The third-order valence-electron chi connectivity index (χ3n) is 6.13. The molecule has 1 N–H and O–H groups in total. The summed E-state index contributed by atoms with van der Waals surface area (Å²) in [6, 6.07) is 9.51. The van der Waals surface area contributed by atoms with Crippen LogP contribution in [0.15, 0.2) is 48.0 Å². The van der Waals surface area contributed by atoms with Gasteiger partial charge in [-0.2, -0.15) is 0 Å². The number of non-ortho nitro benzene ring substituents is 1. The molecule has 1 saturated heterocycles. The number of ketones is 1. The van der Waals surface area contributed by atoms with Gasteiger partial charge < -0.3 is 24.4 Å². The highest BCUT2D eigenvalue weighted by molar-refractivity contribution is 6.46. The van der Waals surface area contributed by atoms with Gasteiger partial charge in [0.1, 0.15) is 5.76 Å². The molecule has 0 aromatic heterocycles. The molecular formula is C24H25N3O7. The molecule has 178 valence electrons. The first-order valence-corrected chi connectivity index (χ1v) is 11.0. The van der Waals surface area contributed by atoms with Crippen molar-refractivity contribution in [2.24, 2.45) is 0 Å². The van der Waals surface area contributed by atoms with Crippen LogP contribution in [-0.2, 0) is 9.59 Å². The number of ether oxygens (including phenoxy) is 2. The Morgan fingerprint density at radius 3 is 2.59 bits per heavy atom. The number of fused-ring (bicyclic) bond motifs is 1. The number of nitro groups is 1. The molecule has 1 atom stereocenters. The van der Waals surface area contributed by atoms with Gasteiger partial charge in [-0.15, -0.1) is 0 Å². The van der Waals surface area contributed by atoms with Crippen molar-refractivity contribution >= 4 is 23.1 Å². The van der Waals surface area contributed by atoms with Crippen LogP contribution in [0.2, 0.25) is 0 Å². The van der Waals surface area contributed by atoms with Crippen molar-refractivity contribution in [2.75, 3.05) is 33.0 Å². The summed E-state index contributed by atoms with van der Waals surface area (Å²) in [4.78, 5) is 40.5. The lowest BCUT2D eigenvalue weighted by Crippen LogP contribution is -2.38. The van der Waals surface area contributed by atoms with E-state index in [1.807, 2.05) is 13.8 Å². The normalized spacial score (nSPS) is 18.7. The van der Waals surface area contributed by atoms with Crippen molar-refractivity contribution in [3.05, 3.63) is 69.3 Å². The van der Waals surface area contributed by atoms with Crippen molar-refractivity contribution in [2.45, 2.75) is 19.9 Å². The summed E-state index contributed by atoms with van der Waals surface area (Å²) in [5.41, 5.74) is 0.357. The molecule has 2 aliphatic rings. The Morgan fingerprint density at radius 1 is 1.15 bits per heavy atom. The van der Waals surface area contributed by atoms with Crippen molar-refractivity contribution in [3.8, 4) is 11.5 Å². The van der Waals surface area contributed by atoms with Gasteiger partial charge in [-0.1, -0.05) is 26.0 Å². The van der Waals surface area contributed by atoms with Gasteiger partial charge in [0, 0.05) is 30.8 Å². The van der Waals surface area contributed by atoms with Gasteiger partial charge in [0.25, 0.3) is 17.4 Å². The number of nitrogens with zero attached hydrogens (tertiary/aromatic N) is 3. The second-order valence-corrected chi connectivity index (χ2v) is 7.94. The number of rotatable bonds is 8. The number of nitro benzene ring substituents is 1. The summed E-state index contributed by atoms with van der Waals surface area (Å²) in [5, 5.41) is 22.6. The smallest absolute Gasteiger partial charge is 0.295 e. The summed E-state index contributed by atoms with van der Waals surface area (Å²) < 4.78 is 10.7. The summed E-state index contributed by atoms with van der Waals surface area (Å²) in [5.74, 6) is -1.06. The number of hydrogen-bond acceptors (Lipinski definition) is 8. The van der Waals surface area contributed by atoms with E-state index in [2.05, 4.69) is 4.90 Å². The van der Waals surface area contributed by atoms with Crippen molar-refractivity contribution in [1.29, 1.82) is 0 Å². The predicted octanol–water partition coefficient (Wildman–Crippen LogP) is 3.09. The topological polar surface area (TPSA) is 122 Å². The van der Waals surface area contributed by atoms with Crippen molar-refractivity contribution in [1.82, 2.24) is 9.80 Å². The maximum atomic E-state index is 13.1. The van der Waals surface area contributed by atoms with Crippen LogP contribution in [0.1, 0.15) is 31.0 Å². The molecule has 34 heavy (non-hydrogen) atoms. The molecule has 0 unspecified atom stereocenters. The zero-order valence-corrected chi connectivity index (χ0v) is 18.9. The van der Waals surface area contributed by atoms with Gasteiger partial charge in [0.05, 0.1) is 16.5 Å². The molecule has 0 aliphatic carbocycles. The van der Waals surface area contributed by atoms with Crippen LogP contribution in [0.4, 0.5) is 5.69 Å². The fourth-order valence-corrected chi connectivity index (χ4v) is 4.25. The summed E-state index contributed by atoms with van der Waals surface area (Å²) >= 11 is 0. The highest BCUT2D eigenvalue weighted by Crippen LogP contribution is 2.41. The van der Waals surface area contributed by atoms with E-state index in [1.54, 1.807) is 18.2 Å². The van der Waals surface area contributed by atoms with E-state index in [0.29, 0.717) is 23.6 Å². The molecule has 10 nitrogen and oxygen atoms in total. The zero-order valence-electron chi connectivity index (χ0n) is 18.9. The van der Waals surface area contributed by atoms with E-state index in [-0.39, 0.29) is 35.9 Å². The predicted molar refractivity (Wildman–Crippen MR) is 122 cm³/mol. The third kappa shape index (κ3) is 4.19. The average Bonchev–Trinajstić information content (AvgIpc) is 3.41. The molecule has 0 spiro atoms.